The first kappa shape index (κ1) is 34.4. The number of hydrogen-bond donors (Lipinski definition) is 3. The molecule has 11 nitrogen and oxygen atoms in total. The lowest BCUT2D eigenvalue weighted by Gasteiger charge is -2.21. The zero-order valence-electron chi connectivity index (χ0n) is 23.2. The van der Waals surface area contributed by atoms with Gasteiger partial charge in [0.1, 0.15) is 5.60 Å². The highest BCUT2D eigenvalue weighted by Crippen LogP contribution is 2.28. The number of aliphatic imine (C=N–C) groups is 1. The van der Waals surface area contributed by atoms with Crippen molar-refractivity contribution in [3.8, 4) is 0 Å². The van der Waals surface area contributed by atoms with Crippen LogP contribution in [0.25, 0.3) is 0 Å². The molecule has 0 aliphatic carbocycles. The van der Waals surface area contributed by atoms with Crippen LogP contribution in [-0.2, 0) is 37.4 Å². The van der Waals surface area contributed by atoms with Gasteiger partial charge < -0.3 is 15.4 Å². The van der Waals surface area contributed by atoms with Crippen LogP contribution in [0.1, 0.15) is 53.7 Å². The third-order valence-electron chi connectivity index (χ3n) is 5.09. The number of halogens is 3. The van der Waals surface area contributed by atoms with E-state index in [0.29, 0.717) is 23.8 Å². The quantitative estimate of drug-likeness (QED) is 0.378. The first-order valence-corrected chi connectivity index (χ1v) is 14.6. The number of rotatable bonds is 8. The smallest absolute Gasteiger partial charge is 0.416 e. The van der Waals surface area contributed by atoms with Gasteiger partial charge in [-0.05, 0) is 45.7 Å². The zero-order valence-corrected chi connectivity index (χ0v) is 24.8. The number of nitrogens with one attached hydrogen (secondary N) is 3. The number of benzene rings is 1. The third-order valence-corrected chi connectivity index (χ3v) is 6.66. The molecule has 0 saturated heterocycles. The van der Waals surface area contributed by atoms with Crippen LogP contribution in [0.3, 0.4) is 0 Å². The summed E-state index contributed by atoms with van der Waals surface area (Å²) in [6.07, 6.45) is -2.60. The molecule has 0 radical (unpaired) electrons. The summed E-state index contributed by atoms with van der Waals surface area (Å²) >= 11 is 1.21. The lowest BCUT2D eigenvalue weighted by atomic mass is 10.2. The fourth-order valence-electron chi connectivity index (χ4n) is 3.22. The zero-order chi connectivity index (χ0) is 31.3. The Morgan fingerprint density at radius 3 is 2.36 bits per heavy atom. The second-order valence-corrected chi connectivity index (χ2v) is 11.6. The largest absolute Gasteiger partial charge is 0.458 e. The van der Waals surface area contributed by atoms with E-state index in [1.807, 2.05) is 0 Å². The van der Waals surface area contributed by atoms with Crippen LogP contribution in [0.2, 0.25) is 0 Å². The van der Waals surface area contributed by atoms with E-state index in [-0.39, 0.29) is 18.9 Å². The Kier molecular flexibility index (Phi) is 13.1. The van der Waals surface area contributed by atoms with Crippen molar-refractivity contribution in [1.82, 2.24) is 16.0 Å². The van der Waals surface area contributed by atoms with E-state index in [4.69, 9.17) is 4.74 Å². The van der Waals surface area contributed by atoms with Crippen LogP contribution < -0.4 is 16.0 Å². The van der Waals surface area contributed by atoms with Gasteiger partial charge in [-0.1, -0.05) is 30.3 Å². The Labute approximate surface area is 246 Å². The number of esters is 1. The standard InChI is InChI=1S/C19H27N5O6S2.C7H5F3/c1-19(2,3)30-17(27)13(24-32(28)29)11-22-16(26)14-7-5-12(31-14)6-8-15(25)23-18-20-9-4-10-21-18;8-7(9,10)6-4-2-1-3-5-6/h5,7,13H,4,6,8-11H2,1-3H3,(H,22,26)(H2,20,21,23,25);1-5H/t13-;/m0./s1. The summed E-state index contributed by atoms with van der Waals surface area (Å²) in [5.41, 5.74) is -1.43. The van der Waals surface area contributed by atoms with Gasteiger partial charge in [0, 0.05) is 24.4 Å². The van der Waals surface area contributed by atoms with Gasteiger partial charge in [-0.2, -0.15) is 26.0 Å². The van der Waals surface area contributed by atoms with Gasteiger partial charge in [0.15, 0.2) is 12.0 Å². The maximum Gasteiger partial charge on any atom is 0.416 e. The first-order chi connectivity index (χ1) is 19.6. The lowest BCUT2D eigenvalue weighted by molar-refractivity contribution is -0.156. The molecule has 2 heterocycles. The molecule has 0 saturated carbocycles. The Morgan fingerprint density at radius 2 is 1.81 bits per heavy atom. The van der Waals surface area contributed by atoms with Crippen LogP contribution in [0.5, 0.6) is 0 Å². The molecule has 3 rings (SSSR count). The Hall–Kier alpha value is -3.79. The number of alkyl halides is 3. The highest BCUT2D eigenvalue weighted by Gasteiger charge is 2.29. The van der Waals surface area contributed by atoms with Crippen molar-refractivity contribution in [3.05, 3.63) is 57.8 Å². The van der Waals surface area contributed by atoms with Gasteiger partial charge in [0.05, 0.1) is 17.0 Å². The Balaban J connectivity index is 0.000000518. The average Bonchev–Trinajstić information content (AvgIpc) is 3.39. The molecule has 0 bridgehead atoms. The second-order valence-electron chi connectivity index (χ2n) is 9.77. The molecule has 3 N–H and O–H groups in total. The summed E-state index contributed by atoms with van der Waals surface area (Å²) in [5.74, 6) is -1.02. The molecular formula is C26H32F3N5O6S2. The molecular weight excluding hydrogens is 599 g/mol. The van der Waals surface area contributed by atoms with E-state index in [9.17, 15) is 36.0 Å². The normalized spacial score (nSPS) is 13.7. The number of carbonyl (C=O) groups is 3. The fraction of sp³-hybridized carbons (Fsp3) is 0.462. The van der Waals surface area contributed by atoms with E-state index >= 15 is 0 Å². The summed E-state index contributed by atoms with van der Waals surface area (Å²) in [6, 6.07) is 8.33. The van der Waals surface area contributed by atoms with Crippen LogP contribution in [-0.4, -0.2) is 63.4 Å². The highest BCUT2D eigenvalue weighted by atomic mass is 32.2. The molecule has 16 heteroatoms. The van der Waals surface area contributed by atoms with Crippen molar-refractivity contribution in [2.75, 3.05) is 19.6 Å². The van der Waals surface area contributed by atoms with Gasteiger partial charge in [0.25, 0.3) is 5.91 Å². The summed E-state index contributed by atoms with van der Waals surface area (Å²) < 4.78 is 65.7. The molecule has 0 spiro atoms. The average molecular weight is 632 g/mol. The predicted molar refractivity (Wildman–Crippen MR) is 150 cm³/mol. The van der Waals surface area contributed by atoms with E-state index in [1.165, 1.54) is 23.5 Å². The molecule has 2 aromatic rings. The van der Waals surface area contributed by atoms with Crippen molar-refractivity contribution in [1.29, 1.82) is 0 Å². The SMILES string of the molecule is CC(C)(C)OC(=O)[C@H](CNC(=O)c1ccc(CCC(=O)NC2=NCCCN2)s1)N=S(=O)=O.FC(F)(F)c1ccccc1. The first-order valence-electron chi connectivity index (χ1n) is 12.7. The summed E-state index contributed by atoms with van der Waals surface area (Å²) in [6.45, 7) is 6.05. The predicted octanol–water partition coefficient (Wildman–Crippen LogP) is 3.35. The van der Waals surface area contributed by atoms with Crippen LogP contribution in [0.15, 0.2) is 51.8 Å². The number of carbonyl (C=O) groups excluding carboxylic acids is 3. The molecule has 1 aromatic heterocycles. The Morgan fingerprint density at radius 1 is 1.12 bits per heavy atom. The van der Waals surface area contributed by atoms with Crippen molar-refractivity contribution >= 4 is 45.6 Å². The monoisotopic (exact) mass is 631 g/mol. The molecule has 1 aliphatic heterocycles. The molecule has 0 fully saturated rings. The van der Waals surface area contributed by atoms with Crippen molar-refractivity contribution < 1.29 is 40.7 Å². The van der Waals surface area contributed by atoms with Gasteiger partial charge >= 0.3 is 22.6 Å². The summed E-state index contributed by atoms with van der Waals surface area (Å²) in [7, 11) is -2.84. The number of guanidine groups is 1. The Bertz CT molecular complexity index is 1380. The van der Waals surface area contributed by atoms with E-state index < -0.39 is 45.8 Å². The van der Waals surface area contributed by atoms with E-state index in [0.717, 1.165) is 30.0 Å². The molecule has 42 heavy (non-hydrogen) atoms. The minimum Gasteiger partial charge on any atom is -0.458 e. The maximum atomic E-state index is 12.4. The fourth-order valence-corrected chi connectivity index (χ4v) is 4.51. The number of thiophene rings is 1. The minimum atomic E-state index is -4.21. The number of aryl methyl sites for hydroxylation is 1. The van der Waals surface area contributed by atoms with Gasteiger partial charge in [-0.25, -0.2) is 4.79 Å². The third kappa shape index (κ3) is 13.2. The van der Waals surface area contributed by atoms with Gasteiger partial charge in [-0.3, -0.25) is 19.9 Å². The van der Waals surface area contributed by atoms with E-state index in [2.05, 4.69) is 25.3 Å². The highest BCUT2D eigenvalue weighted by molar-refractivity contribution is 7.61. The number of nitrogens with zero attached hydrogens (tertiary/aromatic N) is 2. The van der Waals surface area contributed by atoms with Crippen molar-refractivity contribution in [2.45, 2.75) is 57.9 Å². The van der Waals surface area contributed by atoms with Gasteiger partial charge in [-0.15, -0.1) is 11.3 Å². The molecule has 0 unspecified atom stereocenters. The molecule has 230 valence electrons. The van der Waals surface area contributed by atoms with Gasteiger partial charge in [0.2, 0.25) is 5.91 Å². The van der Waals surface area contributed by atoms with Crippen LogP contribution in [0, 0.1) is 0 Å². The second kappa shape index (κ2) is 16.0. The van der Waals surface area contributed by atoms with Crippen molar-refractivity contribution in [2.24, 2.45) is 9.36 Å². The molecule has 1 atom stereocenters. The lowest BCUT2D eigenvalue weighted by Crippen LogP contribution is -2.43. The number of hydrogen-bond acceptors (Lipinski definition) is 10. The summed E-state index contributed by atoms with van der Waals surface area (Å²) in [4.78, 5) is 42.0. The van der Waals surface area contributed by atoms with Crippen LogP contribution >= 0.6 is 11.3 Å². The molecule has 2 amide bonds. The van der Waals surface area contributed by atoms with Crippen LogP contribution in [0.4, 0.5) is 13.2 Å². The maximum absolute atomic E-state index is 12.4. The number of amides is 2. The molecule has 1 aromatic carbocycles. The summed E-state index contributed by atoms with van der Waals surface area (Å²) in [5, 5.41) is 8.23. The number of ether oxygens (including phenoxy) is 1. The topological polar surface area (TPSA) is 155 Å². The molecule has 1 aliphatic rings. The van der Waals surface area contributed by atoms with Crippen molar-refractivity contribution in [3.63, 3.8) is 0 Å². The minimum absolute atomic E-state index is 0.176. The van der Waals surface area contributed by atoms with E-state index in [1.54, 1.807) is 39.0 Å².